The van der Waals surface area contributed by atoms with Gasteiger partial charge in [0.25, 0.3) is 0 Å². The zero-order chi connectivity index (χ0) is 19.5. The molecule has 1 aromatic heterocycles. The monoisotopic (exact) mass is 377 g/mol. The molecule has 1 spiro atoms. The van der Waals surface area contributed by atoms with E-state index in [4.69, 9.17) is 9.47 Å². The van der Waals surface area contributed by atoms with E-state index in [1.807, 2.05) is 32.2 Å². The number of amides is 1. The highest BCUT2D eigenvalue weighted by Gasteiger charge is 2.53. The first-order valence-electron chi connectivity index (χ1n) is 9.75. The van der Waals surface area contributed by atoms with Gasteiger partial charge in [-0.25, -0.2) is 4.98 Å². The molecule has 2 fully saturated rings. The van der Waals surface area contributed by atoms with E-state index in [9.17, 15) is 9.90 Å². The maximum Gasteiger partial charge on any atom is 0.220 e. The van der Waals surface area contributed by atoms with Crippen LogP contribution in [0.3, 0.4) is 0 Å². The van der Waals surface area contributed by atoms with Crippen molar-refractivity contribution in [3.63, 3.8) is 0 Å². The van der Waals surface area contributed by atoms with Crippen LogP contribution in [-0.2, 0) is 16.1 Å². The van der Waals surface area contributed by atoms with Gasteiger partial charge in [0.15, 0.2) is 0 Å². The lowest BCUT2D eigenvalue weighted by Crippen LogP contribution is -2.69. The number of aliphatic hydroxyl groups is 1. The van der Waals surface area contributed by atoms with Crippen LogP contribution in [-0.4, -0.2) is 64.9 Å². The average Bonchev–Trinajstić information content (AvgIpc) is 2.68. The van der Waals surface area contributed by atoms with Crippen LogP contribution in [0.5, 0.6) is 5.88 Å². The Morgan fingerprint density at radius 1 is 1.41 bits per heavy atom. The summed E-state index contributed by atoms with van der Waals surface area (Å²) in [6, 6.07) is 3.90. The van der Waals surface area contributed by atoms with Crippen molar-refractivity contribution in [1.29, 1.82) is 0 Å². The van der Waals surface area contributed by atoms with Crippen LogP contribution in [0.2, 0.25) is 0 Å². The first-order chi connectivity index (χ1) is 12.9. The second kappa shape index (κ2) is 8.12. The number of methoxy groups -OCH3 is 1. The van der Waals surface area contributed by atoms with E-state index in [0.29, 0.717) is 25.3 Å². The summed E-state index contributed by atoms with van der Waals surface area (Å²) in [7, 11) is 1.61. The van der Waals surface area contributed by atoms with Crippen molar-refractivity contribution in [3.8, 4) is 5.88 Å². The van der Waals surface area contributed by atoms with Crippen molar-refractivity contribution in [3.05, 3.63) is 23.9 Å². The molecule has 3 heterocycles. The molecular weight excluding hydrogens is 346 g/mol. The topological polar surface area (TPSA) is 83.9 Å². The van der Waals surface area contributed by atoms with E-state index < -0.39 is 17.2 Å². The fourth-order valence-electron chi connectivity index (χ4n) is 4.19. The minimum atomic E-state index is -0.709. The van der Waals surface area contributed by atoms with Gasteiger partial charge in [0.05, 0.1) is 18.2 Å². The summed E-state index contributed by atoms with van der Waals surface area (Å²) in [5, 5.41) is 14.1. The number of nitrogens with one attached hydrogen (secondary N) is 1. The van der Waals surface area contributed by atoms with Crippen LogP contribution in [0.4, 0.5) is 0 Å². The second-order valence-electron chi connectivity index (χ2n) is 7.87. The van der Waals surface area contributed by atoms with Gasteiger partial charge >= 0.3 is 0 Å². The van der Waals surface area contributed by atoms with Gasteiger partial charge in [-0.1, -0.05) is 13.0 Å². The summed E-state index contributed by atoms with van der Waals surface area (Å²) in [6.45, 7) is 6.80. The van der Waals surface area contributed by atoms with E-state index in [1.165, 1.54) is 0 Å². The highest BCUT2D eigenvalue weighted by Crippen LogP contribution is 2.40. The number of carbonyl (C=O) groups excluding carboxylic acids is 1. The first-order valence-corrected chi connectivity index (χ1v) is 9.75. The Labute approximate surface area is 161 Å². The Kier molecular flexibility index (Phi) is 6.03. The Morgan fingerprint density at radius 2 is 2.15 bits per heavy atom. The number of likely N-dealkylation sites (tertiary alicyclic amines) is 1. The summed E-state index contributed by atoms with van der Waals surface area (Å²) >= 11 is 0. The van der Waals surface area contributed by atoms with Gasteiger partial charge in [-0.3, -0.25) is 9.69 Å². The van der Waals surface area contributed by atoms with Gasteiger partial charge in [-0.05, 0) is 31.7 Å². The molecule has 0 radical (unpaired) electrons. The number of hydrogen-bond acceptors (Lipinski definition) is 6. The van der Waals surface area contributed by atoms with Crippen LogP contribution >= 0.6 is 0 Å². The zero-order valence-electron chi connectivity index (χ0n) is 16.5. The maximum absolute atomic E-state index is 11.9. The number of nitrogens with zero attached hydrogens (tertiary/aromatic N) is 2. The molecule has 7 nitrogen and oxygen atoms in total. The Balaban J connectivity index is 1.61. The highest BCUT2D eigenvalue weighted by atomic mass is 16.5. The first kappa shape index (κ1) is 20.0. The van der Waals surface area contributed by atoms with Crippen molar-refractivity contribution < 1.29 is 19.4 Å². The summed E-state index contributed by atoms with van der Waals surface area (Å²) in [6.07, 6.45) is 3.67. The lowest BCUT2D eigenvalue weighted by atomic mass is 9.73. The number of pyridine rings is 1. The molecule has 2 aliphatic rings. The van der Waals surface area contributed by atoms with Crippen LogP contribution in [0.1, 0.15) is 45.1 Å². The van der Waals surface area contributed by atoms with Crippen molar-refractivity contribution in [2.45, 2.75) is 63.3 Å². The number of carbonyl (C=O) groups is 1. The Morgan fingerprint density at radius 3 is 2.74 bits per heavy atom. The molecule has 150 valence electrons. The van der Waals surface area contributed by atoms with Crippen molar-refractivity contribution in [2.24, 2.45) is 0 Å². The van der Waals surface area contributed by atoms with Crippen LogP contribution in [0, 0.1) is 0 Å². The highest BCUT2D eigenvalue weighted by molar-refractivity contribution is 5.76. The number of aromatic nitrogens is 1. The van der Waals surface area contributed by atoms with Crippen molar-refractivity contribution >= 4 is 5.91 Å². The quantitative estimate of drug-likeness (QED) is 0.809. The fraction of sp³-hybridized carbons (Fsp3) is 0.700. The largest absolute Gasteiger partial charge is 0.481 e. The van der Waals surface area contributed by atoms with Gasteiger partial charge in [0, 0.05) is 44.9 Å². The van der Waals surface area contributed by atoms with Crippen LogP contribution in [0.25, 0.3) is 0 Å². The molecule has 0 unspecified atom stereocenters. The molecule has 0 aromatic carbocycles. The molecular formula is C20H31N3O4. The lowest BCUT2D eigenvalue weighted by molar-refractivity contribution is -0.208. The number of hydrogen-bond donors (Lipinski definition) is 2. The van der Waals surface area contributed by atoms with E-state index in [-0.39, 0.29) is 5.91 Å². The van der Waals surface area contributed by atoms with Gasteiger partial charge < -0.3 is 19.9 Å². The maximum atomic E-state index is 11.9. The third kappa shape index (κ3) is 4.25. The molecule has 2 aliphatic heterocycles. The molecule has 27 heavy (non-hydrogen) atoms. The van der Waals surface area contributed by atoms with Crippen LogP contribution in [0.15, 0.2) is 18.3 Å². The summed E-state index contributed by atoms with van der Waals surface area (Å²) in [5.74, 6) is 0.585. The van der Waals surface area contributed by atoms with Crippen molar-refractivity contribution in [2.75, 3.05) is 26.8 Å². The van der Waals surface area contributed by atoms with E-state index in [2.05, 4.69) is 15.2 Å². The van der Waals surface area contributed by atoms with Gasteiger partial charge in [-0.2, -0.15) is 0 Å². The predicted octanol–water partition coefficient (Wildman–Crippen LogP) is 1.49. The molecule has 0 aliphatic carbocycles. The number of rotatable bonds is 5. The number of piperidine rings is 1. The predicted molar refractivity (Wildman–Crippen MR) is 101 cm³/mol. The molecule has 0 saturated carbocycles. The average molecular weight is 377 g/mol. The molecule has 1 amide bonds. The molecule has 0 bridgehead atoms. The van der Waals surface area contributed by atoms with E-state index in [1.54, 1.807) is 7.11 Å². The van der Waals surface area contributed by atoms with E-state index in [0.717, 1.165) is 38.0 Å². The minimum absolute atomic E-state index is 0.0296. The summed E-state index contributed by atoms with van der Waals surface area (Å²) in [4.78, 5) is 18.5. The fourth-order valence-corrected chi connectivity index (χ4v) is 4.19. The van der Waals surface area contributed by atoms with Gasteiger partial charge in [0.2, 0.25) is 11.8 Å². The molecule has 1 aromatic rings. The van der Waals surface area contributed by atoms with E-state index >= 15 is 0 Å². The third-order valence-electron chi connectivity index (χ3n) is 5.97. The second-order valence-corrected chi connectivity index (χ2v) is 7.87. The molecule has 2 atom stereocenters. The smallest absolute Gasteiger partial charge is 0.220 e. The van der Waals surface area contributed by atoms with Gasteiger partial charge in [0.1, 0.15) is 6.10 Å². The molecule has 7 heteroatoms. The molecule has 2 saturated heterocycles. The van der Waals surface area contributed by atoms with Crippen LogP contribution < -0.4 is 10.1 Å². The van der Waals surface area contributed by atoms with Crippen molar-refractivity contribution in [1.82, 2.24) is 15.2 Å². The third-order valence-corrected chi connectivity index (χ3v) is 5.97. The standard InChI is InChI=1S/C20H31N3O4/c1-4-16(24)22-19(2)9-12-27-20(18(19)25)7-10-23(11-8-20)14-15-5-6-17(26-3)21-13-15/h5-6,13,18,25H,4,7-12,14H2,1-3H3,(H,22,24)/t18-,19+/m1/s1. The zero-order valence-corrected chi connectivity index (χ0v) is 16.5. The number of aliphatic hydroxyl groups excluding tert-OH is 1. The number of ether oxygens (including phenoxy) is 2. The Hall–Kier alpha value is -1.70. The lowest BCUT2D eigenvalue weighted by Gasteiger charge is -2.53. The molecule has 3 rings (SSSR count). The summed E-state index contributed by atoms with van der Waals surface area (Å²) < 4.78 is 11.2. The summed E-state index contributed by atoms with van der Waals surface area (Å²) in [5.41, 5.74) is -0.0762. The normalized spacial score (nSPS) is 28.1. The SMILES string of the molecule is CCC(=O)N[C@@]1(C)CCOC2(CCN(Cc3ccc(OC)nc3)CC2)[C@@H]1O. The molecule has 2 N–H and O–H groups in total. The Bertz CT molecular complexity index is 643. The van der Waals surface area contributed by atoms with Gasteiger partial charge in [-0.15, -0.1) is 0 Å². The minimum Gasteiger partial charge on any atom is -0.481 e.